The maximum absolute atomic E-state index is 11.5. The number of phosphoric acid groups is 2. The molecule has 1 rings (SSSR count). The van der Waals surface area contributed by atoms with Crippen molar-refractivity contribution < 1.29 is 57.8 Å². The van der Waals surface area contributed by atoms with Crippen molar-refractivity contribution in [1.29, 1.82) is 0 Å². The molecule has 7 atom stereocenters. The zero-order valence-corrected chi connectivity index (χ0v) is 13.0. The Morgan fingerprint density at radius 2 is 1.27 bits per heavy atom. The molecule has 1 aliphatic carbocycles. The molecule has 0 aromatic rings. The quantitative estimate of drug-likeness (QED) is 0.242. The van der Waals surface area contributed by atoms with E-state index in [1.54, 1.807) is 0 Å². The third kappa shape index (κ3) is 5.03. The number of aliphatic hydroxyl groups excluding tert-OH is 4. The van der Waals surface area contributed by atoms with Gasteiger partial charge >= 0.3 is 15.6 Å². The minimum absolute atomic E-state index is 0.250. The third-order valence-corrected chi connectivity index (χ3v) is 4.46. The molecule has 7 N–H and O–H groups in total. The van der Waals surface area contributed by atoms with Gasteiger partial charge in [0.25, 0.3) is 0 Å². The van der Waals surface area contributed by atoms with Gasteiger partial charge in [0, 0.05) is 0 Å². The summed E-state index contributed by atoms with van der Waals surface area (Å²) >= 11 is 0. The lowest BCUT2D eigenvalue weighted by atomic mass is 9.85. The minimum Gasteiger partial charge on any atom is -0.387 e. The number of hydrogen-bond donors (Lipinski definition) is 7. The van der Waals surface area contributed by atoms with E-state index in [1.807, 2.05) is 0 Å². The van der Waals surface area contributed by atoms with Crippen LogP contribution in [-0.4, -0.2) is 78.3 Å². The molecule has 132 valence electrons. The van der Waals surface area contributed by atoms with Crippen LogP contribution in [0, 0.1) is 0 Å². The van der Waals surface area contributed by atoms with E-state index < -0.39 is 52.3 Å². The molecule has 0 aromatic carbocycles. The summed E-state index contributed by atoms with van der Waals surface area (Å²) < 4.78 is 35.3. The SMILES string of the molecule is CCOP(=O)(O)O[C@@H]1[C@H](O)[C@H](OP(=O)(O)O)[C@@H](O)[C@H](O)[C@H]1O. The van der Waals surface area contributed by atoms with Crippen LogP contribution in [0.1, 0.15) is 6.92 Å². The number of rotatable bonds is 6. The van der Waals surface area contributed by atoms with Crippen molar-refractivity contribution >= 4 is 15.6 Å². The molecule has 0 saturated heterocycles. The Hall–Kier alpha value is 0.0600. The predicted molar refractivity (Wildman–Crippen MR) is 67.3 cm³/mol. The Bertz CT molecular complexity index is 464. The fourth-order valence-corrected chi connectivity index (χ4v) is 3.45. The Balaban J connectivity index is 3.01. The van der Waals surface area contributed by atoms with Crippen molar-refractivity contribution in [3.8, 4) is 0 Å². The summed E-state index contributed by atoms with van der Waals surface area (Å²) in [4.78, 5) is 26.8. The molecule has 0 heterocycles. The Kier molecular flexibility index (Phi) is 6.68. The highest BCUT2D eigenvalue weighted by atomic mass is 31.2. The summed E-state index contributed by atoms with van der Waals surface area (Å²) in [5.41, 5.74) is 0. The zero-order chi connectivity index (χ0) is 17.3. The van der Waals surface area contributed by atoms with Crippen molar-refractivity contribution in [2.45, 2.75) is 43.5 Å². The average Bonchev–Trinajstić information content (AvgIpc) is 2.36. The first kappa shape index (κ1) is 20.1. The Morgan fingerprint density at radius 3 is 1.68 bits per heavy atom. The van der Waals surface area contributed by atoms with E-state index in [4.69, 9.17) is 9.79 Å². The highest BCUT2D eigenvalue weighted by Gasteiger charge is 2.54. The van der Waals surface area contributed by atoms with Crippen molar-refractivity contribution in [3.63, 3.8) is 0 Å². The molecule has 0 spiro atoms. The molecule has 0 radical (unpaired) electrons. The van der Waals surface area contributed by atoms with E-state index in [9.17, 15) is 34.4 Å². The summed E-state index contributed by atoms with van der Waals surface area (Å²) in [5, 5.41) is 38.8. The van der Waals surface area contributed by atoms with Crippen molar-refractivity contribution in [2.24, 2.45) is 0 Å². The molecular formula is C8H18O12P2. The van der Waals surface area contributed by atoms with Crippen molar-refractivity contribution in [3.05, 3.63) is 0 Å². The van der Waals surface area contributed by atoms with E-state index in [2.05, 4.69) is 13.6 Å². The molecule has 22 heavy (non-hydrogen) atoms. The van der Waals surface area contributed by atoms with Gasteiger partial charge in [-0.3, -0.25) is 13.6 Å². The topological polar surface area (TPSA) is 203 Å². The summed E-state index contributed by atoms with van der Waals surface area (Å²) in [5.74, 6) is 0. The van der Waals surface area contributed by atoms with Gasteiger partial charge in [-0.1, -0.05) is 0 Å². The molecule has 0 aromatic heterocycles. The van der Waals surface area contributed by atoms with Crippen LogP contribution in [-0.2, 0) is 22.7 Å². The normalized spacial score (nSPS) is 39.5. The second-order valence-electron chi connectivity index (χ2n) is 4.48. The molecule has 12 nitrogen and oxygen atoms in total. The second-order valence-corrected chi connectivity index (χ2v) is 7.08. The molecule has 1 aliphatic rings. The van der Waals surface area contributed by atoms with Gasteiger partial charge in [0.05, 0.1) is 6.61 Å². The smallest absolute Gasteiger partial charge is 0.387 e. The van der Waals surface area contributed by atoms with E-state index in [-0.39, 0.29) is 6.61 Å². The van der Waals surface area contributed by atoms with Crippen LogP contribution in [0.5, 0.6) is 0 Å². The largest absolute Gasteiger partial charge is 0.472 e. The zero-order valence-electron chi connectivity index (χ0n) is 11.2. The van der Waals surface area contributed by atoms with Gasteiger partial charge in [0.15, 0.2) is 0 Å². The van der Waals surface area contributed by atoms with Crippen LogP contribution in [0.4, 0.5) is 0 Å². The van der Waals surface area contributed by atoms with Crippen molar-refractivity contribution in [2.75, 3.05) is 6.61 Å². The molecule has 1 fully saturated rings. The Labute approximate surface area is 124 Å². The van der Waals surface area contributed by atoms with Crippen LogP contribution >= 0.6 is 15.6 Å². The van der Waals surface area contributed by atoms with Crippen molar-refractivity contribution in [1.82, 2.24) is 0 Å². The second kappa shape index (κ2) is 7.31. The lowest BCUT2D eigenvalue weighted by Crippen LogP contribution is -2.64. The van der Waals surface area contributed by atoms with Gasteiger partial charge in [-0.15, -0.1) is 0 Å². The lowest BCUT2D eigenvalue weighted by Gasteiger charge is -2.43. The molecule has 0 amide bonds. The summed E-state index contributed by atoms with van der Waals surface area (Å²) in [6, 6.07) is 0. The molecule has 0 aliphatic heterocycles. The molecule has 14 heteroatoms. The highest BCUT2D eigenvalue weighted by molar-refractivity contribution is 7.47. The van der Waals surface area contributed by atoms with Gasteiger partial charge < -0.3 is 35.1 Å². The summed E-state index contributed by atoms with van der Waals surface area (Å²) in [6.45, 7) is 1.11. The van der Waals surface area contributed by atoms with E-state index >= 15 is 0 Å². The molecule has 0 bridgehead atoms. The lowest BCUT2D eigenvalue weighted by molar-refractivity contribution is -0.216. The van der Waals surface area contributed by atoms with Crippen LogP contribution in [0.15, 0.2) is 0 Å². The minimum atomic E-state index is -5.18. The van der Waals surface area contributed by atoms with Gasteiger partial charge in [-0.05, 0) is 6.92 Å². The number of phosphoric ester groups is 2. The maximum atomic E-state index is 11.5. The third-order valence-electron chi connectivity index (χ3n) is 2.85. The fraction of sp³-hybridized carbons (Fsp3) is 1.00. The molecule has 1 unspecified atom stereocenters. The standard InChI is InChI=1S/C8H18O12P2/c1-2-18-22(16,17)20-8-5(11)3(9)4(10)7(6(8)12)19-21(13,14)15/h3-12H,2H2,1H3,(H,16,17)(H2,13,14,15)/t3-,4-,5+,6+,7+,8-/m0/s1. The predicted octanol–water partition coefficient (Wildman–Crippen LogP) is -2.56. The van der Waals surface area contributed by atoms with Gasteiger partial charge in [0.1, 0.15) is 36.6 Å². The van der Waals surface area contributed by atoms with Crippen LogP contribution in [0.3, 0.4) is 0 Å². The maximum Gasteiger partial charge on any atom is 0.472 e. The molecular weight excluding hydrogens is 350 g/mol. The van der Waals surface area contributed by atoms with E-state index in [0.29, 0.717) is 0 Å². The fourth-order valence-electron chi connectivity index (χ4n) is 1.94. The van der Waals surface area contributed by atoms with E-state index in [0.717, 1.165) is 0 Å². The molecule has 1 saturated carbocycles. The highest BCUT2D eigenvalue weighted by Crippen LogP contribution is 2.48. The number of hydrogen-bond acceptors (Lipinski definition) is 9. The summed E-state index contributed by atoms with van der Waals surface area (Å²) in [7, 11) is -9.90. The van der Waals surface area contributed by atoms with Gasteiger partial charge in [-0.2, -0.15) is 0 Å². The van der Waals surface area contributed by atoms with E-state index in [1.165, 1.54) is 6.92 Å². The van der Waals surface area contributed by atoms with Gasteiger partial charge in [-0.25, -0.2) is 9.13 Å². The summed E-state index contributed by atoms with van der Waals surface area (Å²) in [6.07, 6.45) is -12.4. The Morgan fingerprint density at radius 1 is 0.818 bits per heavy atom. The van der Waals surface area contributed by atoms with Crippen LogP contribution < -0.4 is 0 Å². The monoisotopic (exact) mass is 368 g/mol. The first-order chi connectivity index (χ1) is 9.89. The van der Waals surface area contributed by atoms with Gasteiger partial charge in [0.2, 0.25) is 0 Å². The first-order valence-corrected chi connectivity index (χ1v) is 9.04. The average molecular weight is 368 g/mol. The van der Waals surface area contributed by atoms with Crippen LogP contribution in [0.25, 0.3) is 0 Å². The first-order valence-electron chi connectivity index (χ1n) is 6.01. The number of aliphatic hydroxyl groups is 4. The van der Waals surface area contributed by atoms with Crippen LogP contribution in [0.2, 0.25) is 0 Å².